The van der Waals surface area contributed by atoms with Crippen molar-refractivity contribution in [3.05, 3.63) is 48.6 Å². The van der Waals surface area contributed by atoms with Crippen molar-refractivity contribution < 1.29 is 14.3 Å². The molecule has 0 amide bonds. The van der Waals surface area contributed by atoms with Crippen LogP contribution in [0.15, 0.2) is 48.6 Å². The van der Waals surface area contributed by atoms with E-state index in [9.17, 15) is 4.79 Å². The SMILES string of the molecule is C=C1C=CC(=O)OCCC=CCCCCCCC2CC=CC1O2. The minimum atomic E-state index is -0.322. The highest BCUT2D eigenvalue weighted by molar-refractivity contribution is 5.82. The normalized spacial score (nSPS) is 28.0. The Kier molecular flexibility index (Phi) is 7.88. The van der Waals surface area contributed by atoms with Crippen LogP contribution in [0.1, 0.15) is 51.4 Å². The van der Waals surface area contributed by atoms with Crippen molar-refractivity contribution in [3.63, 3.8) is 0 Å². The quantitative estimate of drug-likeness (QED) is 0.482. The molecule has 0 saturated carbocycles. The smallest absolute Gasteiger partial charge is 0.330 e. The first-order chi connectivity index (χ1) is 11.3. The van der Waals surface area contributed by atoms with Gasteiger partial charge in [-0.05, 0) is 43.8 Å². The molecule has 2 aliphatic rings. The number of carbonyl (C=O) groups excluding carboxylic acids is 1. The van der Waals surface area contributed by atoms with E-state index < -0.39 is 0 Å². The topological polar surface area (TPSA) is 35.5 Å². The zero-order valence-corrected chi connectivity index (χ0v) is 13.9. The van der Waals surface area contributed by atoms with Gasteiger partial charge in [0.2, 0.25) is 0 Å². The minimum absolute atomic E-state index is 0.125. The fourth-order valence-electron chi connectivity index (χ4n) is 2.83. The molecular formula is C20H28O3. The highest BCUT2D eigenvalue weighted by Crippen LogP contribution is 2.22. The van der Waals surface area contributed by atoms with Crippen LogP contribution in [0.5, 0.6) is 0 Å². The van der Waals surface area contributed by atoms with Gasteiger partial charge in [0.15, 0.2) is 0 Å². The second-order valence-electron chi connectivity index (χ2n) is 6.17. The first-order valence-electron chi connectivity index (χ1n) is 8.76. The van der Waals surface area contributed by atoms with Crippen LogP contribution in [-0.2, 0) is 14.3 Å². The van der Waals surface area contributed by atoms with Crippen LogP contribution >= 0.6 is 0 Å². The molecule has 0 radical (unpaired) electrons. The molecule has 0 aromatic carbocycles. The van der Waals surface area contributed by atoms with Crippen LogP contribution in [0.2, 0.25) is 0 Å². The molecule has 0 aromatic heterocycles. The van der Waals surface area contributed by atoms with Crippen LogP contribution in [0.25, 0.3) is 0 Å². The predicted molar refractivity (Wildman–Crippen MR) is 93.1 cm³/mol. The molecule has 0 saturated heterocycles. The Balaban J connectivity index is 1.93. The second-order valence-corrected chi connectivity index (χ2v) is 6.17. The van der Waals surface area contributed by atoms with Gasteiger partial charge in [-0.1, -0.05) is 50.1 Å². The summed E-state index contributed by atoms with van der Waals surface area (Å²) in [6, 6.07) is 0. The van der Waals surface area contributed by atoms with Crippen molar-refractivity contribution in [2.24, 2.45) is 0 Å². The predicted octanol–water partition coefficient (Wildman–Crippen LogP) is 4.66. The van der Waals surface area contributed by atoms with Crippen LogP contribution in [0.3, 0.4) is 0 Å². The lowest BCUT2D eigenvalue weighted by Gasteiger charge is -2.26. The Bertz CT molecular complexity index is 473. The first-order valence-corrected chi connectivity index (χ1v) is 8.76. The number of allylic oxidation sites excluding steroid dienone is 1. The maximum absolute atomic E-state index is 11.7. The summed E-state index contributed by atoms with van der Waals surface area (Å²) in [5.74, 6) is -0.322. The monoisotopic (exact) mass is 316 g/mol. The Morgan fingerprint density at radius 2 is 1.83 bits per heavy atom. The molecule has 2 aliphatic heterocycles. The van der Waals surface area contributed by atoms with Gasteiger partial charge in [0, 0.05) is 6.08 Å². The Morgan fingerprint density at radius 1 is 1.00 bits per heavy atom. The molecule has 0 aliphatic carbocycles. The third-order valence-electron chi connectivity index (χ3n) is 4.19. The van der Waals surface area contributed by atoms with Gasteiger partial charge in [-0.2, -0.15) is 0 Å². The third-order valence-corrected chi connectivity index (χ3v) is 4.19. The Labute approximate surface area is 139 Å². The van der Waals surface area contributed by atoms with E-state index in [1.165, 1.54) is 31.8 Å². The number of hydrogen-bond acceptors (Lipinski definition) is 3. The number of cyclic esters (lactones) is 1. The van der Waals surface area contributed by atoms with E-state index in [4.69, 9.17) is 9.47 Å². The van der Waals surface area contributed by atoms with E-state index in [-0.39, 0.29) is 18.2 Å². The van der Waals surface area contributed by atoms with Gasteiger partial charge in [0.25, 0.3) is 0 Å². The number of carbonyl (C=O) groups is 1. The second kappa shape index (κ2) is 10.2. The van der Waals surface area contributed by atoms with Gasteiger partial charge >= 0.3 is 5.97 Å². The molecule has 2 rings (SSSR count). The number of fused-ring (bicyclic) bond motifs is 2. The molecule has 3 nitrogen and oxygen atoms in total. The molecule has 0 spiro atoms. The van der Waals surface area contributed by atoms with Crippen LogP contribution in [0.4, 0.5) is 0 Å². The minimum Gasteiger partial charge on any atom is -0.462 e. The van der Waals surface area contributed by atoms with E-state index in [1.54, 1.807) is 6.08 Å². The lowest BCUT2D eigenvalue weighted by molar-refractivity contribution is -0.137. The van der Waals surface area contributed by atoms with E-state index >= 15 is 0 Å². The number of ether oxygens (including phenoxy) is 2. The lowest BCUT2D eigenvalue weighted by atomic mass is 10.0. The van der Waals surface area contributed by atoms with Crippen molar-refractivity contribution in [3.8, 4) is 0 Å². The van der Waals surface area contributed by atoms with E-state index in [0.717, 1.165) is 31.3 Å². The van der Waals surface area contributed by atoms with Gasteiger partial charge in [0.05, 0.1) is 12.7 Å². The molecule has 0 fully saturated rings. The highest BCUT2D eigenvalue weighted by Gasteiger charge is 2.19. The van der Waals surface area contributed by atoms with Gasteiger partial charge in [-0.3, -0.25) is 0 Å². The summed E-state index contributed by atoms with van der Waals surface area (Å²) in [5, 5.41) is 0. The molecule has 126 valence electrons. The zero-order chi connectivity index (χ0) is 16.3. The van der Waals surface area contributed by atoms with Crippen molar-refractivity contribution in [1.29, 1.82) is 0 Å². The molecule has 23 heavy (non-hydrogen) atoms. The lowest BCUT2D eigenvalue weighted by Crippen LogP contribution is -2.25. The molecule has 0 aromatic rings. The van der Waals surface area contributed by atoms with E-state index in [0.29, 0.717) is 6.61 Å². The molecule has 2 unspecified atom stereocenters. The third kappa shape index (κ3) is 7.00. The Hall–Kier alpha value is -1.61. The van der Waals surface area contributed by atoms with Gasteiger partial charge < -0.3 is 9.47 Å². The molecule has 2 bridgehead atoms. The average molecular weight is 316 g/mol. The van der Waals surface area contributed by atoms with Crippen molar-refractivity contribution in [2.75, 3.05) is 6.61 Å². The number of hydrogen-bond donors (Lipinski definition) is 0. The van der Waals surface area contributed by atoms with E-state index in [2.05, 4.69) is 24.8 Å². The van der Waals surface area contributed by atoms with Gasteiger partial charge in [0.1, 0.15) is 6.10 Å². The fraction of sp³-hybridized carbons (Fsp3) is 0.550. The zero-order valence-electron chi connectivity index (χ0n) is 13.9. The molecular weight excluding hydrogens is 288 g/mol. The van der Waals surface area contributed by atoms with Crippen molar-refractivity contribution in [1.82, 2.24) is 0 Å². The summed E-state index contributed by atoms with van der Waals surface area (Å²) in [6.07, 6.45) is 20.7. The first kappa shape index (κ1) is 17.7. The molecule has 3 heteroatoms. The largest absolute Gasteiger partial charge is 0.462 e. The maximum atomic E-state index is 11.7. The van der Waals surface area contributed by atoms with Crippen LogP contribution in [0, 0.1) is 0 Å². The Morgan fingerprint density at radius 3 is 2.74 bits per heavy atom. The molecule has 2 heterocycles. The van der Waals surface area contributed by atoms with Gasteiger partial charge in [-0.25, -0.2) is 4.79 Å². The van der Waals surface area contributed by atoms with Crippen LogP contribution < -0.4 is 0 Å². The highest BCUT2D eigenvalue weighted by atomic mass is 16.5. The standard InChI is InChI=1S/C20H28O3/c1-17-14-15-20(21)22-16-9-7-5-3-2-4-6-8-11-18-12-10-13-19(17)23-18/h5,7,10,13-15,18-19H,1-4,6,8-9,11-12,16H2. The molecule has 2 atom stereocenters. The summed E-state index contributed by atoms with van der Waals surface area (Å²) in [7, 11) is 0. The number of rotatable bonds is 0. The van der Waals surface area contributed by atoms with Crippen LogP contribution in [-0.4, -0.2) is 24.8 Å². The summed E-state index contributed by atoms with van der Waals surface area (Å²) in [6.45, 7) is 4.44. The average Bonchev–Trinajstić information content (AvgIpc) is 2.57. The van der Waals surface area contributed by atoms with Crippen molar-refractivity contribution >= 4 is 5.97 Å². The summed E-state index contributed by atoms with van der Waals surface area (Å²) in [4.78, 5) is 11.7. The summed E-state index contributed by atoms with van der Waals surface area (Å²) < 4.78 is 11.2. The summed E-state index contributed by atoms with van der Waals surface area (Å²) >= 11 is 0. The molecule has 0 N–H and O–H groups in total. The van der Waals surface area contributed by atoms with Gasteiger partial charge in [-0.15, -0.1) is 0 Å². The maximum Gasteiger partial charge on any atom is 0.330 e. The fourth-order valence-corrected chi connectivity index (χ4v) is 2.83. The number of esters is 1. The van der Waals surface area contributed by atoms with Crippen molar-refractivity contribution in [2.45, 2.75) is 63.6 Å². The van der Waals surface area contributed by atoms with E-state index in [1.807, 2.05) is 6.08 Å². The summed E-state index contributed by atoms with van der Waals surface area (Å²) in [5.41, 5.74) is 0.795.